The second kappa shape index (κ2) is 5.94. The Hall–Kier alpha value is -3.16. The van der Waals surface area contributed by atoms with Crippen molar-refractivity contribution in [1.29, 1.82) is 0 Å². The van der Waals surface area contributed by atoms with Gasteiger partial charge in [0.2, 0.25) is 0 Å². The number of Topliss-reactive ketones (excluding diaryl/α,β-unsaturated/α-hetero) is 1. The zero-order valence-corrected chi connectivity index (χ0v) is 15.1. The lowest BCUT2D eigenvalue weighted by Crippen LogP contribution is -2.46. The third kappa shape index (κ3) is 2.68. The number of fused-ring (bicyclic) bond motifs is 1. The van der Waals surface area contributed by atoms with Gasteiger partial charge in [0.1, 0.15) is 17.0 Å². The van der Waals surface area contributed by atoms with E-state index in [4.69, 9.17) is 4.74 Å². The van der Waals surface area contributed by atoms with Gasteiger partial charge in [-0.05, 0) is 12.1 Å². The molecule has 1 atom stereocenters. The number of ether oxygens (including phenoxy) is 1. The summed E-state index contributed by atoms with van der Waals surface area (Å²) in [6, 6.07) is 8.25. The first-order valence-electron chi connectivity index (χ1n) is 8.69. The summed E-state index contributed by atoms with van der Waals surface area (Å²) in [6.45, 7) is 0.618. The summed E-state index contributed by atoms with van der Waals surface area (Å²) >= 11 is 0. The molecular weight excluding hydrogens is 350 g/mol. The fourth-order valence-corrected chi connectivity index (χ4v) is 3.79. The highest BCUT2D eigenvalue weighted by atomic mass is 16.5. The Labute approximate surface area is 154 Å². The standard InChI is InChI=1S/C19H19N3O5/c1-20-13(9-16(24)21(2)18(20)26)17(25)22-8-7-19(11-22)10-14(23)12-5-3-4-6-15(12)27-19/h3-6,9H,7-8,10-11H2,1-2H3/t19-/m0/s1. The molecule has 2 aromatic rings. The number of hydrogen-bond acceptors (Lipinski definition) is 5. The molecule has 0 unspecified atom stereocenters. The van der Waals surface area contributed by atoms with Crippen LogP contribution in [0.2, 0.25) is 0 Å². The third-order valence-corrected chi connectivity index (χ3v) is 5.35. The topological polar surface area (TPSA) is 90.6 Å². The fraction of sp³-hybridized carbons (Fsp3) is 0.368. The lowest BCUT2D eigenvalue weighted by molar-refractivity contribution is 0.0426. The average Bonchev–Trinajstić information content (AvgIpc) is 3.05. The molecule has 8 nitrogen and oxygen atoms in total. The number of hydrogen-bond donors (Lipinski definition) is 0. The minimum atomic E-state index is -0.764. The lowest BCUT2D eigenvalue weighted by atomic mass is 9.89. The van der Waals surface area contributed by atoms with E-state index in [-0.39, 0.29) is 24.4 Å². The summed E-state index contributed by atoms with van der Waals surface area (Å²) in [5, 5.41) is 0. The second-order valence-electron chi connectivity index (χ2n) is 7.13. The van der Waals surface area contributed by atoms with E-state index in [1.165, 1.54) is 19.0 Å². The number of nitrogens with zero attached hydrogens (tertiary/aromatic N) is 3. The molecule has 1 amide bonds. The van der Waals surface area contributed by atoms with Crippen molar-refractivity contribution >= 4 is 11.7 Å². The van der Waals surface area contributed by atoms with Gasteiger partial charge < -0.3 is 9.64 Å². The number of ketones is 1. The van der Waals surface area contributed by atoms with E-state index in [9.17, 15) is 19.2 Å². The van der Waals surface area contributed by atoms with Gasteiger partial charge in [-0.25, -0.2) is 4.79 Å². The number of amides is 1. The molecule has 0 bridgehead atoms. The van der Waals surface area contributed by atoms with E-state index in [0.29, 0.717) is 24.3 Å². The van der Waals surface area contributed by atoms with Crippen LogP contribution < -0.4 is 16.0 Å². The summed E-state index contributed by atoms with van der Waals surface area (Å²) in [7, 11) is 2.82. The summed E-state index contributed by atoms with van der Waals surface area (Å²) in [6.07, 6.45) is 0.709. The summed E-state index contributed by atoms with van der Waals surface area (Å²) < 4.78 is 8.22. The maximum Gasteiger partial charge on any atom is 0.331 e. The molecule has 0 saturated carbocycles. The summed E-state index contributed by atoms with van der Waals surface area (Å²) in [5.41, 5.74) is -1.27. The quantitative estimate of drug-likeness (QED) is 0.723. The molecule has 0 aliphatic carbocycles. The number of carbonyl (C=O) groups is 2. The molecule has 140 valence electrons. The largest absolute Gasteiger partial charge is 0.484 e. The lowest BCUT2D eigenvalue weighted by Gasteiger charge is -2.34. The molecule has 1 fully saturated rings. The molecule has 1 aromatic carbocycles. The molecule has 1 saturated heterocycles. The summed E-state index contributed by atoms with van der Waals surface area (Å²) in [4.78, 5) is 51.0. The van der Waals surface area contributed by atoms with Gasteiger partial charge in [0.05, 0.1) is 18.5 Å². The number of benzene rings is 1. The van der Waals surface area contributed by atoms with Crippen LogP contribution in [0.15, 0.2) is 39.9 Å². The highest BCUT2D eigenvalue weighted by Crippen LogP contribution is 2.38. The first-order chi connectivity index (χ1) is 12.8. The number of carbonyl (C=O) groups excluding carboxylic acids is 2. The molecule has 0 N–H and O–H groups in total. The molecule has 27 heavy (non-hydrogen) atoms. The predicted molar refractivity (Wildman–Crippen MR) is 96.2 cm³/mol. The Morgan fingerprint density at radius 2 is 1.85 bits per heavy atom. The van der Waals surface area contributed by atoms with Crippen LogP contribution in [0.1, 0.15) is 33.7 Å². The third-order valence-electron chi connectivity index (χ3n) is 5.35. The number of rotatable bonds is 1. The van der Waals surface area contributed by atoms with Crippen LogP contribution in [0, 0.1) is 0 Å². The number of aromatic nitrogens is 2. The highest BCUT2D eigenvalue weighted by Gasteiger charge is 2.47. The summed E-state index contributed by atoms with van der Waals surface area (Å²) in [5.74, 6) is 0.107. The first kappa shape index (κ1) is 17.3. The Balaban J connectivity index is 1.63. The maximum atomic E-state index is 12.9. The predicted octanol–water partition coefficient (Wildman–Crippen LogP) is 0.334. The van der Waals surface area contributed by atoms with Gasteiger partial charge in [-0.1, -0.05) is 12.1 Å². The molecule has 1 aromatic heterocycles. The number of para-hydroxylation sites is 1. The van der Waals surface area contributed by atoms with Crippen LogP contribution >= 0.6 is 0 Å². The molecule has 2 aliphatic rings. The van der Waals surface area contributed by atoms with Crippen molar-refractivity contribution < 1.29 is 14.3 Å². The van der Waals surface area contributed by atoms with Gasteiger partial charge in [-0.3, -0.25) is 23.5 Å². The van der Waals surface area contributed by atoms with Crippen LogP contribution in [-0.2, 0) is 14.1 Å². The Morgan fingerprint density at radius 1 is 1.11 bits per heavy atom. The normalized spacial score (nSPS) is 21.3. The van der Waals surface area contributed by atoms with E-state index in [1.54, 1.807) is 24.3 Å². The van der Waals surface area contributed by atoms with Crippen molar-refractivity contribution in [2.45, 2.75) is 18.4 Å². The Kier molecular flexibility index (Phi) is 3.80. The van der Waals surface area contributed by atoms with Crippen LogP contribution in [-0.4, -0.2) is 44.4 Å². The van der Waals surface area contributed by atoms with E-state index in [0.717, 1.165) is 15.2 Å². The SMILES string of the molecule is Cn1c(C(=O)N2CC[C@]3(CC(=O)c4ccccc4O3)C2)cc(=O)n(C)c1=O. The van der Waals surface area contributed by atoms with Gasteiger partial charge in [-0.15, -0.1) is 0 Å². The zero-order chi connectivity index (χ0) is 19.3. The van der Waals surface area contributed by atoms with Crippen molar-refractivity contribution in [1.82, 2.24) is 14.0 Å². The molecule has 1 spiro atoms. The molecule has 8 heteroatoms. The molecule has 2 aliphatic heterocycles. The van der Waals surface area contributed by atoms with Gasteiger partial charge >= 0.3 is 5.69 Å². The maximum absolute atomic E-state index is 12.9. The minimum absolute atomic E-state index is 0.00729. The van der Waals surface area contributed by atoms with Crippen LogP contribution in [0.25, 0.3) is 0 Å². The van der Waals surface area contributed by atoms with Crippen molar-refractivity contribution in [2.75, 3.05) is 13.1 Å². The Bertz CT molecular complexity index is 1080. The van der Waals surface area contributed by atoms with Crippen LogP contribution in [0.3, 0.4) is 0 Å². The van der Waals surface area contributed by atoms with Crippen molar-refractivity contribution in [3.05, 3.63) is 62.4 Å². The van der Waals surface area contributed by atoms with E-state index >= 15 is 0 Å². The van der Waals surface area contributed by atoms with Gasteiger partial charge in [0.15, 0.2) is 5.78 Å². The van der Waals surface area contributed by atoms with Crippen molar-refractivity contribution in [3.8, 4) is 5.75 Å². The van der Waals surface area contributed by atoms with Gasteiger partial charge in [0.25, 0.3) is 11.5 Å². The first-order valence-corrected chi connectivity index (χ1v) is 8.69. The van der Waals surface area contributed by atoms with E-state index in [2.05, 4.69) is 0 Å². The molecule has 0 radical (unpaired) electrons. The number of likely N-dealkylation sites (tertiary alicyclic amines) is 1. The average molecular weight is 369 g/mol. The molecular formula is C19H19N3O5. The van der Waals surface area contributed by atoms with Crippen molar-refractivity contribution in [2.24, 2.45) is 14.1 Å². The smallest absolute Gasteiger partial charge is 0.331 e. The minimum Gasteiger partial charge on any atom is -0.484 e. The van der Waals surface area contributed by atoms with Gasteiger partial charge in [0, 0.05) is 33.1 Å². The van der Waals surface area contributed by atoms with Crippen molar-refractivity contribution in [3.63, 3.8) is 0 Å². The molecule has 4 rings (SSSR count). The van der Waals surface area contributed by atoms with Gasteiger partial charge in [-0.2, -0.15) is 0 Å². The van der Waals surface area contributed by atoms with E-state index < -0.39 is 22.8 Å². The highest BCUT2D eigenvalue weighted by molar-refractivity contribution is 6.00. The van der Waals surface area contributed by atoms with Crippen LogP contribution in [0.5, 0.6) is 5.75 Å². The zero-order valence-electron chi connectivity index (χ0n) is 15.1. The van der Waals surface area contributed by atoms with Crippen LogP contribution in [0.4, 0.5) is 0 Å². The van der Waals surface area contributed by atoms with E-state index in [1.807, 2.05) is 0 Å². The Morgan fingerprint density at radius 3 is 2.63 bits per heavy atom. The second-order valence-corrected chi connectivity index (χ2v) is 7.13. The molecule has 3 heterocycles. The fourth-order valence-electron chi connectivity index (χ4n) is 3.79. The monoisotopic (exact) mass is 369 g/mol.